The summed E-state index contributed by atoms with van der Waals surface area (Å²) in [5, 5.41) is 14.7. The fourth-order valence-corrected chi connectivity index (χ4v) is 8.47. The Morgan fingerprint density at radius 1 is 0.739 bits per heavy atom. The molecule has 0 unspecified atom stereocenters. The number of aryl methyl sites for hydroxylation is 4. The Morgan fingerprint density at radius 3 is 1.67 bits per heavy atom. The maximum atomic E-state index is 13.9. The monoisotopic (exact) mass is 947 g/mol. The van der Waals surface area contributed by atoms with Gasteiger partial charge in [-0.3, -0.25) is 39.2 Å². The molecule has 69 heavy (non-hydrogen) atoms. The highest BCUT2D eigenvalue weighted by atomic mass is 16.6. The van der Waals surface area contributed by atoms with Crippen LogP contribution in [0.25, 0.3) is 22.1 Å². The van der Waals surface area contributed by atoms with Crippen molar-refractivity contribution in [3.8, 4) is 11.5 Å². The fourth-order valence-electron chi connectivity index (χ4n) is 8.47. The zero-order chi connectivity index (χ0) is 49.7. The summed E-state index contributed by atoms with van der Waals surface area (Å²) in [6, 6.07) is 9.57. The molecule has 21 heteroatoms. The molecule has 6 aromatic rings. The first kappa shape index (κ1) is 49.2. The number of nitrogens with two attached hydrogens (primary N) is 2. The number of carbonyl (C=O) groups excluding carboxylic acids is 5. The van der Waals surface area contributed by atoms with E-state index in [0.717, 1.165) is 19.3 Å². The normalized spacial score (nSPS) is 13.4. The summed E-state index contributed by atoms with van der Waals surface area (Å²) < 4.78 is 24.5. The molecule has 5 amide bonds. The highest BCUT2D eigenvalue weighted by Crippen LogP contribution is 2.34. The van der Waals surface area contributed by atoms with Crippen LogP contribution in [0.3, 0.4) is 0 Å². The lowest BCUT2D eigenvalue weighted by Crippen LogP contribution is -2.41. The fraction of sp³-hybridized carbons (Fsp3) is 0.438. The molecule has 0 bridgehead atoms. The van der Waals surface area contributed by atoms with Crippen LogP contribution in [-0.4, -0.2) is 106 Å². The first-order chi connectivity index (χ1) is 32.9. The van der Waals surface area contributed by atoms with E-state index in [4.69, 9.17) is 35.6 Å². The number of hydrogen-bond donors (Lipinski definition) is 4. The molecule has 0 spiro atoms. The van der Waals surface area contributed by atoms with Crippen LogP contribution in [0.5, 0.6) is 11.5 Å². The van der Waals surface area contributed by atoms with E-state index in [2.05, 4.69) is 20.8 Å². The lowest BCUT2D eigenvalue weighted by atomic mass is 9.92. The number of methoxy groups -OCH3 is 1. The smallest absolute Gasteiger partial charge is 0.410 e. The van der Waals surface area contributed by atoms with Gasteiger partial charge in [-0.15, -0.1) is 0 Å². The molecule has 1 saturated heterocycles. The molecule has 21 nitrogen and oxygen atoms in total. The van der Waals surface area contributed by atoms with Crippen LogP contribution in [0.2, 0.25) is 0 Å². The predicted molar refractivity (Wildman–Crippen MR) is 259 cm³/mol. The topological polar surface area (TPSA) is 264 Å². The van der Waals surface area contributed by atoms with Crippen molar-refractivity contribution in [2.24, 2.45) is 17.4 Å². The molecule has 7 rings (SSSR count). The van der Waals surface area contributed by atoms with Crippen LogP contribution in [0.4, 0.5) is 16.7 Å². The number of ether oxygens (including phenoxy) is 3. The zero-order valence-electron chi connectivity index (χ0n) is 40.4. The van der Waals surface area contributed by atoms with Gasteiger partial charge in [0.25, 0.3) is 11.8 Å². The van der Waals surface area contributed by atoms with Crippen LogP contribution in [-0.2, 0) is 30.9 Å². The van der Waals surface area contributed by atoms with Crippen LogP contribution in [0.1, 0.15) is 113 Å². The van der Waals surface area contributed by atoms with Crippen molar-refractivity contribution in [2.75, 3.05) is 37.4 Å². The van der Waals surface area contributed by atoms with Crippen molar-refractivity contribution in [1.82, 2.24) is 43.6 Å². The molecule has 0 aliphatic carbocycles. The van der Waals surface area contributed by atoms with Crippen molar-refractivity contribution < 1.29 is 38.2 Å². The Morgan fingerprint density at radius 2 is 1.22 bits per heavy atom. The number of imidazole rings is 2. The Kier molecular flexibility index (Phi) is 14.7. The van der Waals surface area contributed by atoms with Crippen molar-refractivity contribution >= 4 is 63.7 Å². The second-order valence-corrected chi connectivity index (χ2v) is 18.0. The Bertz CT molecular complexity index is 2940. The molecular weight excluding hydrogens is 887 g/mol. The van der Waals surface area contributed by atoms with Gasteiger partial charge in [0.2, 0.25) is 23.7 Å². The number of piperidine rings is 1. The molecule has 0 saturated carbocycles. The number of anilines is 2. The van der Waals surface area contributed by atoms with Gasteiger partial charge in [0, 0.05) is 50.4 Å². The Labute approximate surface area is 399 Å². The van der Waals surface area contributed by atoms with Crippen molar-refractivity contribution in [3.05, 3.63) is 82.5 Å². The van der Waals surface area contributed by atoms with Crippen LogP contribution in [0.15, 0.2) is 48.6 Å². The van der Waals surface area contributed by atoms with E-state index in [1.165, 1.54) is 19.2 Å². The molecule has 2 aromatic carbocycles. The number of carbonyl (C=O) groups is 5. The van der Waals surface area contributed by atoms with E-state index < -0.39 is 29.2 Å². The first-order valence-electron chi connectivity index (χ1n) is 23.1. The summed E-state index contributed by atoms with van der Waals surface area (Å²) in [6.07, 6.45) is 6.63. The van der Waals surface area contributed by atoms with Gasteiger partial charge in [0.05, 0.1) is 36.1 Å². The number of rotatable bonds is 18. The number of fused-ring (bicyclic) bond motifs is 2. The molecule has 4 aromatic heterocycles. The molecular formula is C48H61N13O8. The molecule has 6 N–H and O–H groups in total. The number of hydrogen-bond acceptors (Lipinski definition) is 12. The number of allylic oxidation sites excluding steroid dienone is 2. The molecule has 1 aliphatic rings. The van der Waals surface area contributed by atoms with Gasteiger partial charge in [0.1, 0.15) is 39.5 Å². The summed E-state index contributed by atoms with van der Waals surface area (Å²) in [4.78, 5) is 76.5. The second-order valence-electron chi connectivity index (χ2n) is 18.0. The largest absolute Gasteiger partial charge is 0.494 e. The summed E-state index contributed by atoms with van der Waals surface area (Å²) in [7, 11) is 1.46. The van der Waals surface area contributed by atoms with Crippen molar-refractivity contribution in [2.45, 2.75) is 106 Å². The van der Waals surface area contributed by atoms with E-state index in [9.17, 15) is 24.0 Å². The van der Waals surface area contributed by atoms with Gasteiger partial charge in [-0.2, -0.15) is 10.2 Å². The number of aromatic nitrogens is 8. The SMILES string of the molecule is CCn1nc(C)cc1C(=O)Nc1nc2cc(C(N)=O)cc(OC)c2n1CC=CCn1c(NC(=O)c2cc(C)nn2CC)nc2cc(C(N)=O)cc(OCCCC3CCN(C(=O)OC(C)(C)C)CC3)c21. The predicted octanol–water partition coefficient (Wildman–Crippen LogP) is 6.21. The third kappa shape index (κ3) is 11.2. The van der Waals surface area contributed by atoms with Gasteiger partial charge in [-0.25, -0.2) is 14.8 Å². The summed E-state index contributed by atoms with van der Waals surface area (Å²) in [5.74, 6) is -0.847. The quantitative estimate of drug-likeness (QED) is 0.0554. The van der Waals surface area contributed by atoms with Gasteiger partial charge in [-0.1, -0.05) is 12.2 Å². The van der Waals surface area contributed by atoms with Crippen molar-refractivity contribution in [3.63, 3.8) is 0 Å². The van der Waals surface area contributed by atoms with E-state index in [0.29, 0.717) is 101 Å². The number of nitrogens with zero attached hydrogens (tertiary/aromatic N) is 9. The number of primary amides is 2. The minimum Gasteiger partial charge on any atom is -0.494 e. The average Bonchev–Trinajstić information content (AvgIpc) is 4.07. The minimum absolute atomic E-state index is 0.146. The van der Waals surface area contributed by atoms with E-state index in [1.807, 2.05) is 46.8 Å². The van der Waals surface area contributed by atoms with Gasteiger partial charge >= 0.3 is 6.09 Å². The standard InChI is InChI=1S/C48H61N13O8/c1-9-60-35(22-28(3)55-60)43(64)53-45-51-33-24-31(41(49)62)26-37(67-8)39(33)58(45)17-11-12-18-59-40-34(52-46(59)54-44(65)36-23-29(4)56-61(36)10-2)25-32(42(50)63)27-38(40)68-21-13-14-30-15-19-57(20-16-30)47(66)69-48(5,6)7/h11-12,22-27,30H,9-10,13-21H2,1-8H3,(H2,49,62)(H2,50,63)(H,51,53,64)(H,52,54,65). The first-order valence-corrected chi connectivity index (χ1v) is 23.1. The summed E-state index contributed by atoms with van der Waals surface area (Å²) in [5.41, 5.74) is 15.0. The van der Waals surface area contributed by atoms with Gasteiger partial charge in [-0.05, 0) is 116 Å². The van der Waals surface area contributed by atoms with Crippen LogP contribution < -0.4 is 31.6 Å². The van der Waals surface area contributed by atoms with E-state index in [-0.39, 0.29) is 42.2 Å². The Balaban J connectivity index is 1.19. The van der Waals surface area contributed by atoms with Gasteiger partial charge < -0.3 is 39.7 Å². The van der Waals surface area contributed by atoms with E-state index in [1.54, 1.807) is 61.5 Å². The van der Waals surface area contributed by atoms with E-state index >= 15 is 0 Å². The number of benzene rings is 2. The Hall–Kier alpha value is -7.71. The average molecular weight is 948 g/mol. The molecule has 0 atom stereocenters. The molecule has 5 heterocycles. The maximum absolute atomic E-state index is 13.9. The van der Waals surface area contributed by atoms with Crippen molar-refractivity contribution in [1.29, 1.82) is 0 Å². The lowest BCUT2D eigenvalue weighted by Gasteiger charge is -2.33. The zero-order valence-corrected chi connectivity index (χ0v) is 40.4. The van der Waals surface area contributed by atoms with Crippen LogP contribution >= 0.6 is 0 Å². The molecule has 1 fully saturated rings. The highest BCUT2D eigenvalue weighted by molar-refractivity contribution is 6.05. The molecule has 366 valence electrons. The number of nitrogens with one attached hydrogen (secondary N) is 2. The number of amides is 5. The second kappa shape index (κ2) is 20.7. The minimum atomic E-state index is -0.677. The summed E-state index contributed by atoms with van der Waals surface area (Å²) >= 11 is 0. The highest BCUT2D eigenvalue weighted by Gasteiger charge is 2.28. The third-order valence-corrected chi connectivity index (χ3v) is 11.7. The maximum Gasteiger partial charge on any atom is 0.410 e. The third-order valence-electron chi connectivity index (χ3n) is 11.7. The lowest BCUT2D eigenvalue weighted by molar-refractivity contribution is 0.0179. The summed E-state index contributed by atoms with van der Waals surface area (Å²) in [6.45, 7) is 15.7. The molecule has 1 aliphatic heterocycles. The molecule has 0 radical (unpaired) electrons. The number of likely N-dealkylation sites (tertiary alicyclic amines) is 1. The van der Waals surface area contributed by atoms with Gasteiger partial charge in [0.15, 0.2) is 0 Å². The van der Waals surface area contributed by atoms with Crippen LogP contribution in [0, 0.1) is 19.8 Å².